The standard InChI is InChI=1S/C21H22ClN7O/c1-3-4-9-18-19(22)28(2)21(30)29(18)13-15-11-10-14(12-23-15)16-7-5-6-8-17(16)20-24-26-27-25-20/h5-8,10-12H,3-4,9,13H2,1-2H3,(H,24,25,26,27). The second-order valence-corrected chi connectivity index (χ2v) is 7.46. The lowest BCUT2D eigenvalue weighted by Crippen LogP contribution is -2.24. The summed E-state index contributed by atoms with van der Waals surface area (Å²) in [6.07, 6.45) is 4.58. The molecule has 0 aliphatic carbocycles. The molecule has 3 heterocycles. The maximum absolute atomic E-state index is 12.6. The van der Waals surface area contributed by atoms with Crippen molar-refractivity contribution in [3.05, 3.63) is 69.6 Å². The van der Waals surface area contributed by atoms with E-state index in [-0.39, 0.29) is 5.69 Å². The van der Waals surface area contributed by atoms with E-state index in [4.69, 9.17) is 11.6 Å². The van der Waals surface area contributed by atoms with Crippen LogP contribution in [-0.2, 0) is 20.0 Å². The van der Waals surface area contributed by atoms with Gasteiger partial charge in [0.05, 0.1) is 17.9 Å². The zero-order chi connectivity index (χ0) is 21.1. The number of nitrogens with one attached hydrogen (secondary N) is 1. The van der Waals surface area contributed by atoms with Crippen molar-refractivity contribution in [1.82, 2.24) is 34.7 Å². The fourth-order valence-corrected chi connectivity index (χ4v) is 3.75. The average Bonchev–Trinajstić information content (AvgIpc) is 3.38. The van der Waals surface area contributed by atoms with E-state index in [1.54, 1.807) is 17.8 Å². The number of imidazole rings is 1. The molecule has 0 fully saturated rings. The van der Waals surface area contributed by atoms with Crippen molar-refractivity contribution >= 4 is 11.6 Å². The summed E-state index contributed by atoms with van der Waals surface area (Å²) in [5.74, 6) is 0.598. The number of H-pyrrole nitrogens is 1. The van der Waals surface area contributed by atoms with Gasteiger partial charge in [-0.05, 0) is 34.9 Å². The van der Waals surface area contributed by atoms with Crippen LogP contribution in [0, 0.1) is 0 Å². The number of pyridine rings is 1. The number of aromatic amines is 1. The molecule has 0 bridgehead atoms. The fourth-order valence-electron chi connectivity index (χ4n) is 3.48. The van der Waals surface area contributed by atoms with E-state index in [1.165, 1.54) is 4.57 Å². The summed E-state index contributed by atoms with van der Waals surface area (Å²) >= 11 is 6.40. The molecule has 1 N–H and O–H groups in total. The Labute approximate surface area is 178 Å². The number of unbranched alkanes of at least 4 members (excludes halogenated alkanes) is 1. The van der Waals surface area contributed by atoms with E-state index in [0.29, 0.717) is 17.5 Å². The summed E-state index contributed by atoms with van der Waals surface area (Å²) in [5, 5.41) is 14.6. The lowest BCUT2D eigenvalue weighted by molar-refractivity contribution is 0.658. The highest BCUT2D eigenvalue weighted by Crippen LogP contribution is 2.29. The van der Waals surface area contributed by atoms with Gasteiger partial charge in [-0.15, -0.1) is 5.10 Å². The Balaban J connectivity index is 1.64. The smallest absolute Gasteiger partial charge is 0.289 e. The Bertz CT molecular complexity index is 1190. The molecule has 9 heteroatoms. The van der Waals surface area contributed by atoms with E-state index in [2.05, 4.69) is 32.5 Å². The normalized spacial score (nSPS) is 11.2. The van der Waals surface area contributed by atoms with Crippen molar-refractivity contribution in [2.75, 3.05) is 0 Å². The first-order valence-corrected chi connectivity index (χ1v) is 10.2. The second kappa shape index (κ2) is 8.62. The summed E-state index contributed by atoms with van der Waals surface area (Å²) < 4.78 is 3.21. The fraction of sp³-hybridized carbons (Fsp3) is 0.286. The average molecular weight is 424 g/mol. The number of halogens is 1. The highest BCUT2D eigenvalue weighted by atomic mass is 35.5. The zero-order valence-electron chi connectivity index (χ0n) is 16.8. The minimum Gasteiger partial charge on any atom is -0.289 e. The van der Waals surface area contributed by atoms with Gasteiger partial charge in [0.25, 0.3) is 0 Å². The van der Waals surface area contributed by atoms with E-state index in [9.17, 15) is 4.79 Å². The molecule has 0 amide bonds. The van der Waals surface area contributed by atoms with Crippen molar-refractivity contribution < 1.29 is 0 Å². The third kappa shape index (κ3) is 3.78. The largest absolute Gasteiger partial charge is 0.329 e. The minimum absolute atomic E-state index is 0.125. The van der Waals surface area contributed by atoms with E-state index in [1.807, 2.05) is 36.4 Å². The molecule has 0 aliphatic rings. The van der Waals surface area contributed by atoms with Crippen LogP contribution in [0.1, 0.15) is 31.2 Å². The second-order valence-electron chi connectivity index (χ2n) is 7.10. The third-order valence-electron chi connectivity index (χ3n) is 5.13. The van der Waals surface area contributed by atoms with Crippen LogP contribution in [0.15, 0.2) is 47.4 Å². The SMILES string of the molecule is CCCCc1c(Cl)n(C)c(=O)n1Cc1ccc(-c2ccccc2-c2nnn[nH]2)cn1. The molecular weight excluding hydrogens is 402 g/mol. The molecule has 4 rings (SSSR count). The van der Waals surface area contributed by atoms with E-state index in [0.717, 1.165) is 47.3 Å². The van der Waals surface area contributed by atoms with E-state index < -0.39 is 0 Å². The van der Waals surface area contributed by atoms with Gasteiger partial charge in [0, 0.05) is 24.4 Å². The van der Waals surface area contributed by atoms with Crippen LogP contribution < -0.4 is 5.69 Å². The molecule has 3 aromatic heterocycles. The maximum Gasteiger partial charge on any atom is 0.329 e. The van der Waals surface area contributed by atoms with Crippen LogP contribution in [0.25, 0.3) is 22.5 Å². The Hall–Kier alpha value is -3.26. The maximum atomic E-state index is 12.6. The van der Waals surface area contributed by atoms with Crippen LogP contribution in [0.2, 0.25) is 5.15 Å². The van der Waals surface area contributed by atoms with Gasteiger partial charge < -0.3 is 0 Å². The number of aromatic nitrogens is 7. The molecule has 0 radical (unpaired) electrons. The van der Waals surface area contributed by atoms with Gasteiger partial charge in [0.15, 0.2) is 5.82 Å². The predicted molar refractivity (Wildman–Crippen MR) is 115 cm³/mol. The van der Waals surface area contributed by atoms with E-state index >= 15 is 0 Å². The Morgan fingerprint density at radius 2 is 1.93 bits per heavy atom. The Morgan fingerprint density at radius 3 is 2.60 bits per heavy atom. The Morgan fingerprint density at radius 1 is 1.13 bits per heavy atom. The summed E-state index contributed by atoms with van der Waals surface area (Å²) in [6, 6.07) is 11.8. The number of nitrogens with zero attached hydrogens (tertiary/aromatic N) is 6. The highest BCUT2D eigenvalue weighted by Gasteiger charge is 2.17. The third-order valence-corrected chi connectivity index (χ3v) is 5.60. The van der Waals surface area contributed by atoms with Gasteiger partial charge in [-0.1, -0.05) is 55.3 Å². The molecule has 0 saturated heterocycles. The Kier molecular flexibility index (Phi) is 5.76. The molecule has 4 aromatic rings. The highest BCUT2D eigenvalue weighted by molar-refractivity contribution is 6.30. The summed E-state index contributed by atoms with van der Waals surface area (Å²) in [6.45, 7) is 2.50. The first kappa shape index (κ1) is 20.0. The number of benzene rings is 1. The summed E-state index contributed by atoms with van der Waals surface area (Å²) in [7, 11) is 1.70. The van der Waals surface area contributed by atoms with Crippen molar-refractivity contribution in [2.45, 2.75) is 32.7 Å². The van der Waals surface area contributed by atoms with Crippen molar-refractivity contribution in [3.8, 4) is 22.5 Å². The first-order valence-electron chi connectivity index (χ1n) is 9.82. The van der Waals surface area contributed by atoms with Gasteiger partial charge in [0.1, 0.15) is 5.15 Å². The number of hydrogen-bond acceptors (Lipinski definition) is 5. The molecule has 0 atom stereocenters. The van der Waals surface area contributed by atoms with Crippen molar-refractivity contribution in [2.24, 2.45) is 7.05 Å². The number of rotatable bonds is 7. The van der Waals surface area contributed by atoms with Crippen LogP contribution >= 0.6 is 11.6 Å². The van der Waals surface area contributed by atoms with Crippen LogP contribution in [-0.4, -0.2) is 34.7 Å². The monoisotopic (exact) mass is 423 g/mol. The zero-order valence-corrected chi connectivity index (χ0v) is 17.6. The van der Waals surface area contributed by atoms with Crippen molar-refractivity contribution in [1.29, 1.82) is 0 Å². The first-order chi connectivity index (χ1) is 14.6. The molecule has 8 nitrogen and oxygen atoms in total. The van der Waals surface area contributed by atoms with Gasteiger partial charge in [-0.25, -0.2) is 9.89 Å². The molecule has 30 heavy (non-hydrogen) atoms. The molecule has 0 spiro atoms. The lowest BCUT2D eigenvalue weighted by atomic mass is 10.0. The molecule has 0 unspecified atom stereocenters. The number of hydrogen-bond donors (Lipinski definition) is 1. The molecular formula is C21H22ClN7O. The topological polar surface area (TPSA) is 94.3 Å². The van der Waals surface area contributed by atoms with Crippen LogP contribution in [0.3, 0.4) is 0 Å². The molecule has 154 valence electrons. The van der Waals surface area contributed by atoms with Gasteiger partial charge in [-0.2, -0.15) is 0 Å². The van der Waals surface area contributed by atoms with Crippen LogP contribution in [0.5, 0.6) is 0 Å². The molecule has 1 aromatic carbocycles. The van der Waals surface area contributed by atoms with Gasteiger partial charge in [0.2, 0.25) is 0 Å². The summed E-state index contributed by atoms with van der Waals surface area (Å²) in [4.78, 5) is 17.2. The quantitative estimate of drug-likeness (QED) is 0.491. The van der Waals surface area contributed by atoms with Gasteiger partial charge in [-0.3, -0.25) is 14.1 Å². The van der Waals surface area contributed by atoms with Crippen molar-refractivity contribution in [3.63, 3.8) is 0 Å². The summed E-state index contributed by atoms with van der Waals surface area (Å²) in [5.41, 5.74) is 4.33. The predicted octanol–water partition coefficient (Wildman–Crippen LogP) is 3.47. The molecule has 0 saturated carbocycles. The van der Waals surface area contributed by atoms with Crippen LogP contribution in [0.4, 0.5) is 0 Å². The lowest BCUT2D eigenvalue weighted by Gasteiger charge is -2.09. The van der Waals surface area contributed by atoms with Gasteiger partial charge >= 0.3 is 5.69 Å². The molecule has 0 aliphatic heterocycles. The number of tetrazole rings is 1. The minimum atomic E-state index is -0.125.